The lowest BCUT2D eigenvalue weighted by atomic mass is 9.90. The molecule has 1 unspecified atom stereocenters. The second kappa shape index (κ2) is 8.48. The van der Waals surface area contributed by atoms with Crippen LogP contribution in [0.1, 0.15) is 38.2 Å². The molecule has 25 heavy (non-hydrogen) atoms. The minimum atomic E-state index is -0.484. The number of carbonyl (C=O) groups excluding carboxylic acids is 2. The Morgan fingerprint density at radius 2 is 1.92 bits per heavy atom. The third-order valence-electron chi connectivity index (χ3n) is 5.24. The summed E-state index contributed by atoms with van der Waals surface area (Å²) in [6, 6.07) is 10.0. The van der Waals surface area contributed by atoms with E-state index in [1.54, 1.807) is 6.92 Å². The largest absolute Gasteiger partial charge is 0.368 e. The lowest BCUT2D eigenvalue weighted by Crippen LogP contribution is -2.51. The van der Waals surface area contributed by atoms with Crippen LogP contribution >= 0.6 is 0 Å². The number of nitrogens with one attached hydrogen (secondary N) is 1. The molecule has 2 saturated heterocycles. The molecule has 136 valence electrons. The highest BCUT2D eigenvalue weighted by atomic mass is 16.5. The third-order valence-corrected chi connectivity index (χ3v) is 5.24. The van der Waals surface area contributed by atoms with Crippen LogP contribution in [0.3, 0.4) is 0 Å². The minimum Gasteiger partial charge on any atom is -0.368 e. The van der Waals surface area contributed by atoms with Crippen molar-refractivity contribution >= 4 is 11.8 Å². The van der Waals surface area contributed by atoms with Crippen LogP contribution in [0, 0.1) is 5.92 Å². The van der Waals surface area contributed by atoms with Gasteiger partial charge in [-0.3, -0.25) is 9.59 Å². The summed E-state index contributed by atoms with van der Waals surface area (Å²) in [5, 5.41) is 2.81. The Hall–Kier alpha value is -1.88. The first-order valence-electron chi connectivity index (χ1n) is 9.38. The van der Waals surface area contributed by atoms with Crippen molar-refractivity contribution in [2.24, 2.45) is 5.92 Å². The molecule has 2 fully saturated rings. The van der Waals surface area contributed by atoms with E-state index in [1.165, 1.54) is 5.56 Å². The second-order valence-electron chi connectivity index (χ2n) is 7.19. The van der Waals surface area contributed by atoms with E-state index in [-0.39, 0.29) is 17.9 Å². The van der Waals surface area contributed by atoms with Gasteiger partial charge >= 0.3 is 0 Å². The number of nitrogens with zero attached hydrogens (tertiary/aromatic N) is 1. The van der Waals surface area contributed by atoms with Crippen molar-refractivity contribution < 1.29 is 14.3 Å². The smallest absolute Gasteiger partial charge is 0.249 e. The predicted octanol–water partition coefficient (Wildman–Crippen LogP) is 2.15. The Morgan fingerprint density at radius 3 is 2.56 bits per heavy atom. The molecule has 2 amide bonds. The third kappa shape index (κ3) is 4.82. The van der Waals surface area contributed by atoms with Crippen LogP contribution in [-0.4, -0.2) is 48.6 Å². The first kappa shape index (κ1) is 17.9. The molecule has 0 saturated carbocycles. The normalized spacial score (nSPS) is 22.6. The van der Waals surface area contributed by atoms with Gasteiger partial charge in [0, 0.05) is 19.7 Å². The molecular weight excluding hydrogens is 316 g/mol. The highest BCUT2D eigenvalue weighted by Gasteiger charge is 2.30. The van der Waals surface area contributed by atoms with Crippen LogP contribution in [0.15, 0.2) is 30.3 Å². The molecule has 5 nitrogen and oxygen atoms in total. The SMILES string of the molecule is C[C@@H](NC(=O)C1CCCO1)C(=O)N1CCC(Cc2ccccc2)CC1. The van der Waals surface area contributed by atoms with Crippen LogP contribution in [0.2, 0.25) is 0 Å². The molecule has 1 aromatic rings. The van der Waals surface area contributed by atoms with Crippen LogP contribution in [0.5, 0.6) is 0 Å². The molecule has 0 spiro atoms. The molecule has 5 heteroatoms. The van der Waals surface area contributed by atoms with Gasteiger partial charge in [0.05, 0.1) is 0 Å². The number of ether oxygens (including phenoxy) is 1. The monoisotopic (exact) mass is 344 g/mol. The molecule has 2 aliphatic heterocycles. The molecule has 1 N–H and O–H groups in total. The van der Waals surface area contributed by atoms with Crippen LogP contribution in [-0.2, 0) is 20.7 Å². The van der Waals surface area contributed by atoms with Crippen LogP contribution in [0.25, 0.3) is 0 Å². The van der Waals surface area contributed by atoms with E-state index in [0.717, 1.165) is 45.2 Å². The van der Waals surface area contributed by atoms with E-state index in [1.807, 2.05) is 11.0 Å². The first-order chi connectivity index (χ1) is 12.1. The van der Waals surface area contributed by atoms with Gasteiger partial charge in [0.1, 0.15) is 12.1 Å². The number of benzene rings is 1. The van der Waals surface area contributed by atoms with E-state index < -0.39 is 6.04 Å². The molecule has 0 radical (unpaired) electrons. The summed E-state index contributed by atoms with van der Waals surface area (Å²) in [6.45, 7) is 3.95. The summed E-state index contributed by atoms with van der Waals surface area (Å²) < 4.78 is 5.37. The van der Waals surface area contributed by atoms with E-state index in [2.05, 4.69) is 29.6 Å². The van der Waals surface area contributed by atoms with Gasteiger partial charge in [-0.25, -0.2) is 0 Å². The zero-order chi connectivity index (χ0) is 17.6. The zero-order valence-electron chi connectivity index (χ0n) is 14.9. The molecule has 2 heterocycles. The molecule has 2 aliphatic rings. The van der Waals surface area contributed by atoms with Crippen molar-refractivity contribution in [3.05, 3.63) is 35.9 Å². The summed E-state index contributed by atoms with van der Waals surface area (Å²) in [7, 11) is 0. The first-order valence-corrected chi connectivity index (χ1v) is 9.38. The highest BCUT2D eigenvalue weighted by molar-refractivity contribution is 5.89. The fourth-order valence-corrected chi connectivity index (χ4v) is 3.73. The van der Waals surface area contributed by atoms with Crippen molar-refractivity contribution in [1.29, 1.82) is 0 Å². The van der Waals surface area contributed by atoms with Gasteiger partial charge in [-0.2, -0.15) is 0 Å². The van der Waals surface area contributed by atoms with Crippen molar-refractivity contribution in [3.8, 4) is 0 Å². The van der Waals surface area contributed by atoms with Gasteiger partial charge in [-0.15, -0.1) is 0 Å². The number of carbonyl (C=O) groups is 2. The van der Waals surface area contributed by atoms with Crippen LogP contribution < -0.4 is 5.32 Å². The lowest BCUT2D eigenvalue weighted by molar-refractivity contribution is -0.139. The summed E-state index contributed by atoms with van der Waals surface area (Å²) in [5.41, 5.74) is 1.37. The fraction of sp³-hybridized carbons (Fsp3) is 0.600. The molecule has 0 aromatic heterocycles. The Morgan fingerprint density at radius 1 is 1.20 bits per heavy atom. The van der Waals surface area contributed by atoms with Crippen molar-refractivity contribution in [2.75, 3.05) is 19.7 Å². The lowest BCUT2D eigenvalue weighted by Gasteiger charge is -2.34. The van der Waals surface area contributed by atoms with E-state index >= 15 is 0 Å². The Balaban J connectivity index is 1.43. The van der Waals surface area contributed by atoms with Gasteiger partial charge < -0.3 is 15.0 Å². The summed E-state index contributed by atoms with van der Waals surface area (Å²) >= 11 is 0. The minimum absolute atomic E-state index is 0.0181. The van der Waals surface area contributed by atoms with Crippen molar-refractivity contribution in [1.82, 2.24) is 10.2 Å². The van der Waals surface area contributed by atoms with E-state index in [9.17, 15) is 9.59 Å². The zero-order valence-corrected chi connectivity index (χ0v) is 14.9. The number of piperidine rings is 1. The number of rotatable bonds is 5. The average Bonchev–Trinajstić information content (AvgIpc) is 3.17. The maximum absolute atomic E-state index is 12.6. The van der Waals surface area contributed by atoms with Gasteiger partial charge in [-0.05, 0) is 50.5 Å². The van der Waals surface area contributed by atoms with Crippen molar-refractivity contribution in [3.63, 3.8) is 0 Å². The summed E-state index contributed by atoms with van der Waals surface area (Å²) in [6.07, 6.45) is 4.40. The molecule has 0 bridgehead atoms. The Labute approximate surface area is 149 Å². The van der Waals surface area contributed by atoms with Gasteiger partial charge in [0.25, 0.3) is 0 Å². The predicted molar refractivity (Wildman–Crippen MR) is 96.0 cm³/mol. The molecular formula is C20H28N2O3. The summed E-state index contributed by atoms with van der Waals surface area (Å²) in [5.74, 6) is 0.491. The highest BCUT2D eigenvalue weighted by Crippen LogP contribution is 2.22. The molecule has 3 rings (SSSR count). The standard InChI is InChI=1S/C20H28N2O3/c1-15(21-19(23)18-8-5-13-25-18)20(24)22-11-9-17(10-12-22)14-16-6-3-2-4-7-16/h2-4,6-7,15,17-18H,5,8-14H2,1H3,(H,21,23)/t15-,18?/m1/s1. The van der Waals surface area contributed by atoms with Crippen molar-refractivity contribution in [2.45, 2.75) is 51.2 Å². The Kier molecular flexibility index (Phi) is 6.08. The topological polar surface area (TPSA) is 58.6 Å². The fourth-order valence-electron chi connectivity index (χ4n) is 3.73. The number of hydrogen-bond donors (Lipinski definition) is 1. The second-order valence-corrected chi connectivity index (χ2v) is 7.19. The summed E-state index contributed by atoms with van der Waals surface area (Å²) in [4.78, 5) is 26.6. The molecule has 0 aliphatic carbocycles. The van der Waals surface area contributed by atoms with Gasteiger partial charge in [-0.1, -0.05) is 30.3 Å². The van der Waals surface area contributed by atoms with E-state index in [4.69, 9.17) is 4.74 Å². The maximum Gasteiger partial charge on any atom is 0.249 e. The number of amides is 2. The quantitative estimate of drug-likeness (QED) is 0.890. The Bertz CT molecular complexity index is 576. The molecule has 1 aromatic carbocycles. The number of hydrogen-bond acceptors (Lipinski definition) is 3. The number of likely N-dealkylation sites (tertiary alicyclic amines) is 1. The molecule has 2 atom stereocenters. The van der Waals surface area contributed by atoms with Gasteiger partial charge in [0.2, 0.25) is 11.8 Å². The maximum atomic E-state index is 12.6. The average molecular weight is 344 g/mol. The van der Waals surface area contributed by atoms with Gasteiger partial charge in [0.15, 0.2) is 0 Å². The van der Waals surface area contributed by atoms with E-state index in [0.29, 0.717) is 12.5 Å². The van der Waals surface area contributed by atoms with Crippen LogP contribution in [0.4, 0.5) is 0 Å².